The summed E-state index contributed by atoms with van der Waals surface area (Å²) in [6.07, 6.45) is 0.909. The van der Waals surface area contributed by atoms with Crippen LogP contribution in [0.2, 0.25) is 0 Å². The van der Waals surface area contributed by atoms with Crippen LogP contribution in [-0.2, 0) is 9.59 Å². The lowest BCUT2D eigenvalue weighted by Gasteiger charge is -2.22. The molecule has 0 aliphatic carbocycles. The van der Waals surface area contributed by atoms with Gasteiger partial charge in [0.2, 0.25) is 0 Å². The molecule has 1 saturated heterocycles. The van der Waals surface area contributed by atoms with Crippen LogP contribution in [-0.4, -0.2) is 54.8 Å². The molecule has 0 aromatic rings. The molecule has 1 rings (SSSR count). The zero-order chi connectivity index (χ0) is 10.0. The van der Waals surface area contributed by atoms with E-state index in [1.54, 1.807) is 7.05 Å². The summed E-state index contributed by atoms with van der Waals surface area (Å²) in [5.74, 6) is -1.47. The zero-order valence-electron chi connectivity index (χ0n) is 7.99. The standard InChI is InChI=1S/C8H15N3O2/c1-10-4-3-6(5-10)11(2)8(13)7(9)12/h6H,3-5H2,1-2H3,(H2,9,12). The topological polar surface area (TPSA) is 66.6 Å². The van der Waals surface area contributed by atoms with Gasteiger partial charge in [-0.3, -0.25) is 9.59 Å². The lowest BCUT2D eigenvalue weighted by Crippen LogP contribution is -2.44. The van der Waals surface area contributed by atoms with Gasteiger partial charge in [0.25, 0.3) is 0 Å². The Kier molecular flexibility index (Phi) is 2.87. The number of nitrogens with zero attached hydrogens (tertiary/aromatic N) is 2. The molecule has 0 bridgehead atoms. The van der Waals surface area contributed by atoms with Crippen LogP contribution in [0, 0.1) is 0 Å². The van der Waals surface area contributed by atoms with Gasteiger partial charge in [0, 0.05) is 19.6 Å². The highest BCUT2D eigenvalue weighted by atomic mass is 16.2. The van der Waals surface area contributed by atoms with Crippen LogP contribution in [0.3, 0.4) is 0 Å². The van der Waals surface area contributed by atoms with Gasteiger partial charge in [0.1, 0.15) is 0 Å². The number of primary amides is 1. The highest BCUT2D eigenvalue weighted by molar-refractivity contribution is 6.34. The van der Waals surface area contributed by atoms with E-state index in [0.29, 0.717) is 0 Å². The first-order chi connectivity index (χ1) is 6.02. The zero-order valence-corrected chi connectivity index (χ0v) is 7.99. The van der Waals surface area contributed by atoms with E-state index in [1.165, 1.54) is 4.90 Å². The molecule has 2 amide bonds. The van der Waals surface area contributed by atoms with E-state index >= 15 is 0 Å². The van der Waals surface area contributed by atoms with Crippen LogP contribution < -0.4 is 5.73 Å². The Morgan fingerprint density at radius 3 is 2.54 bits per heavy atom. The van der Waals surface area contributed by atoms with E-state index in [-0.39, 0.29) is 6.04 Å². The van der Waals surface area contributed by atoms with E-state index in [2.05, 4.69) is 4.90 Å². The predicted octanol–water partition coefficient (Wildman–Crippen LogP) is -1.37. The maximum Gasteiger partial charge on any atom is 0.311 e. The lowest BCUT2D eigenvalue weighted by molar-refractivity contribution is -0.144. The molecule has 1 heterocycles. The van der Waals surface area contributed by atoms with E-state index in [0.717, 1.165) is 19.5 Å². The lowest BCUT2D eigenvalue weighted by atomic mass is 10.2. The van der Waals surface area contributed by atoms with Crippen molar-refractivity contribution < 1.29 is 9.59 Å². The first-order valence-corrected chi connectivity index (χ1v) is 4.27. The summed E-state index contributed by atoms with van der Waals surface area (Å²) in [4.78, 5) is 25.3. The fourth-order valence-corrected chi connectivity index (χ4v) is 1.57. The Labute approximate surface area is 77.5 Å². The molecule has 2 N–H and O–H groups in total. The molecule has 0 saturated carbocycles. The first-order valence-electron chi connectivity index (χ1n) is 4.27. The second-order valence-electron chi connectivity index (χ2n) is 3.49. The number of nitrogens with two attached hydrogens (primary N) is 1. The Morgan fingerprint density at radius 2 is 2.15 bits per heavy atom. The van der Waals surface area contributed by atoms with Crippen molar-refractivity contribution >= 4 is 11.8 Å². The Morgan fingerprint density at radius 1 is 1.54 bits per heavy atom. The summed E-state index contributed by atoms with van der Waals surface area (Å²) in [6.45, 7) is 1.77. The third-order valence-electron chi connectivity index (χ3n) is 2.45. The maximum absolute atomic E-state index is 11.2. The minimum absolute atomic E-state index is 0.130. The van der Waals surface area contributed by atoms with Gasteiger partial charge in [-0.2, -0.15) is 0 Å². The Balaban J connectivity index is 2.53. The highest BCUT2D eigenvalue weighted by Gasteiger charge is 2.28. The van der Waals surface area contributed by atoms with Gasteiger partial charge in [-0.25, -0.2) is 0 Å². The van der Waals surface area contributed by atoms with Gasteiger partial charge in [0.15, 0.2) is 0 Å². The Bertz CT molecular complexity index is 229. The van der Waals surface area contributed by atoms with Crippen LogP contribution in [0.5, 0.6) is 0 Å². The van der Waals surface area contributed by atoms with E-state index in [4.69, 9.17) is 5.73 Å². The first kappa shape index (κ1) is 9.98. The van der Waals surface area contributed by atoms with Gasteiger partial charge in [-0.1, -0.05) is 0 Å². The average molecular weight is 185 g/mol. The molecule has 0 aromatic carbocycles. The van der Waals surface area contributed by atoms with Crippen LogP contribution in [0.1, 0.15) is 6.42 Å². The normalized spacial score (nSPS) is 23.1. The molecular formula is C8H15N3O2. The molecule has 5 heteroatoms. The van der Waals surface area contributed by atoms with Crippen LogP contribution in [0.15, 0.2) is 0 Å². The third kappa shape index (κ3) is 2.18. The van der Waals surface area contributed by atoms with Crippen molar-refractivity contribution in [1.82, 2.24) is 9.80 Å². The summed E-state index contributed by atoms with van der Waals surface area (Å²) in [5.41, 5.74) is 4.90. The van der Waals surface area contributed by atoms with E-state index < -0.39 is 11.8 Å². The van der Waals surface area contributed by atoms with Crippen molar-refractivity contribution in [3.05, 3.63) is 0 Å². The van der Waals surface area contributed by atoms with Crippen LogP contribution >= 0.6 is 0 Å². The summed E-state index contributed by atoms with van der Waals surface area (Å²) in [5, 5.41) is 0. The van der Waals surface area contributed by atoms with Crippen LogP contribution in [0.25, 0.3) is 0 Å². The fourth-order valence-electron chi connectivity index (χ4n) is 1.57. The molecule has 13 heavy (non-hydrogen) atoms. The number of carbonyl (C=O) groups is 2. The molecule has 1 fully saturated rings. The van der Waals surface area contributed by atoms with Crippen LogP contribution in [0.4, 0.5) is 0 Å². The highest BCUT2D eigenvalue weighted by Crippen LogP contribution is 2.12. The Hall–Kier alpha value is -1.10. The molecule has 1 unspecified atom stereocenters. The van der Waals surface area contributed by atoms with Gasteiger partial charge in [0.05, 0.1) is 0 Å². The van der Waals surface area contributed by atoms with Crippen molar-refractivity contribution in [2.75, 3.05) is 27.2 Å². The summed E-state index contributed by atoms with van der Waals surface area (Å²) < 4.78 is 0. The minimum Gasteiger partial charge on any atom is -0.361 e. The average Bonchev–Trinajstić information content (AvgIpc) is 2.49. The predicted molar refractivity (Wildman–Crippen MR) is 47.9 cm³/mol. The molecule has 1 atom stereocenters. The van der Waals surface area contributed by atoms with Gasteiger partial charge < -0.3 is 15.5 Å². The number of rotatable bonds is 1. The van der Waals surface area contributed by atoms with Crippen molar-refractivity contribution in [3.63, 3.8) is 0 Å². The molecule has 0 radical (unpaired) electrons. The number of likely N-dealkylation sites (N-methyl/N-ethyl adjacent to an activating group) is 2. The van der Waals surface area contributed by atoms with Crippen molar-refractivity contribution in [1.29, 1.82) is 0 Å². The molecule has 1 aliphatic heterocycles. The van der Waals surface area contributed by atoms with E-state index in [9.17, 15) is 9.59 Å². The molecule has 74 valence electrons. The largest absolute Gasteiger partial charge is 0.361 e. The van der Waals surface area contributed by atoms with Crippen molar-refractivity contribution in [2.24, 2.45) is 5.73 Å². The second-order valence-corrected chi connectivity index (χ2v) is 3.49. The smallest absolute Gasteiger partial charge is 0.311 e. The summed E-state index contributed by atoms with van der Waals surface area (Å²) in [7, 11) is 3.61. The molecular weight excluding hydrogens is 170 g/mol. The second kappa shape index (κ2) is 3.74. The number of carbonyl (C=O) groups excluding carboxylic acids is 2. The van der Waals surface area contributed by atoms with Crippen molar-refractivity contribution in [2.45, 2.75) is 12.5 Å². The molecule has 1 aliphatic rings. The monoisotopic (exact) mass is 185 g/mol. The van der Waals surface area contributed by atoms with Gasteiger partial charge >= 0.3 is 11.8 Å². The maximum atomic E-state index is 11.2. The number of hydrogen-bond donors (Lipinski definition) is 1. The number of likely N-dealkylation sites (tertiary alicyclic amines) is 1. The summed E-state index contributed by atoms with van der Waals surface area (Å²) >= 11 is 0. The van der Waals surface area contributed by atoms with Gasteiger partial charge in [-0.05, 0) is 20.0 Å². The number of hydrogen-bond acceptors (Lipinski definition) is 3. The quantitative estimate of drug-likeness (QED) is 0.513. The molecule has 5 nitrogen and oxygen atoms in total. The van der Waals surface area contributed by atoms with E-state index in [1.807, 2.05) is 7.05 Å². The van der Waals surface area contributed by atoms with Gasteiger partial charge in [-0.15, -0.1) is 0 Å². The number of amides is 2. The third-order valence-corrected chi connectivity index (χ3v) is 2.45. The minimum atomic E-state index is -0.878. The summed E-state index contributed by atoms with van der Waals surface area (Å²) in [6, 6.07) is 0.130. The molecule has 0 aromatic heterocycles. The SMILES string of the molecule is CN1CCC(N(C)C(=O)C(N)=O)C1. The molecule has 0 spiro atoms. The van der Waals surface area contributed by atoms with Crippen molar-refractivity contribution in [3.8, 4) is 0 Å². The fraction of sp³-hybridized carbons (Fsp3) is 0.750.